The molecule has 6 nitrogen and oxygen atoms in total. The maximum Gasteiger partial charge on any atom is 0.257 e. The Kier molecular flexibility index (Phi) is 4.59. The highest BCUT2D eigenvalue weighted by Crippen LogP contribution is 2.22. The van der Waals surface area contributed by atoms with Gasteiger partial charge in [-0.3, -0.25) is 4.79 Å². The van der Waals surface area contributed by atoms with E-state index in [0.29, 0.717) is 31.9 Å². The number of anilines is 1. The van der Waals surface area contributed by atoms with Crippen molar-refractivity contribution in [1.29, 1.82) is 0 Å². The minimum Gasteiger partial charge on any atom is -0.378 e. The number of pyridine rings is 1. The van der Waals surface area contributed by atoms with E-state index in [4.69, 9.17) is 9.47 Å². The monoisotopic (exact) mass is 305 g/mol. The summed E-state index contributed by atoms with van der Waals surface area (Å²) in [4.78, 5) is 21.4. The van der Waals surface area contributed by atoms with E-state index in [1.165, 1.54) is 0 Å². The second-order valence-electron chi connectivity index (χ2n) is 5.94. The van der Waals surface area contributed by atoms with Crippen molar-refractivity contribution in [3.05, 3.63) is 23.9 Å². The normalized spacial score (nSPS) is 26.1. The van der Waals surface area contributed by atoms with Crippen molar-refractivity contribution in [3.63, 3.8) is 0 Å². The summed E-state index contributed by atoms with van der Waals surface area (Å²) < 4.78 is 11.1. The zero-order valence-electron chi connectivity index (χ0n) is 13.2. The van der Waals surface area contributed by atoms with E-state index < -0.39 is 0 Å². The zero-order valence-corrected chi connectivity index (χ0v) is 13.2. The first-order valence-corrected chi connectivity index (χ1v) is 7.87. The van der Waals surface area contributed by atoms with Gasteiger partial charge in [-0.15, -0.1) is 0 Å². The highest BCUT2D eigenvalue weighted by atomic mass is 16.5. The molecular weight excluding hydrogens is 282 g/mol. The standard InChI is InChI=1S/C16H23N3O3/c1-12-10-19(11-13(2)22-12)16(20)14-4-3-5-17-15(14)18-6-8-21-9-7-18/h3-5,12-13H,6-11H2,1-2H3/t12-,13-/m0/s1. The zero-order chi connectivity index (χ0) is 15.5. The molecule has 2 atom stereocenters. The fraction of sp³-hybridized carbons (Fsp3) is 0.625. The lowest BCUT2D eigenvalue weighted by molar-refractivity contribution is -0.0586. The number of nitrogens with zero attached hydrogens (tertiary/aromatic N) is 3. The first-order chi connectivity index (χ1) is 10.6. The number of amides is 1. The molecule has 0 unspecified atom stereocenters. The minimum absolute atomic E-state index is 0.0385. The summed E-state index contributed by atoms with van der Waals surface area (Å²) in [5, 5.41) is 0. The van der Waals surface area contributed by atoms with E-state index in [2.05, 4.69) is 9.88 Å². The van der Waals surface area contributed by atoms with Crippen LogP contribution in [0.1, 0.15) is 24.2 Å². The second-order valence-corrected chi connectivity index (χ2v) is 5.94. The van der Waals surface area contributed by atoms with Gasteiger partial charge in [-0.05, 0) is 26.0 Å². The van der Waals surface area contributed by atoms with Crippen LogP contribution in [0.25, 0.3) is 0 Å². The Morgan fingerprint density at radius 3 is 2.59 bits per heavy atom. The van der Waals surface area contributed by atoms with E-state index in [9.17, 15) is 4.79 Å². The molecule has 22 heavy (non-hydrogen) atoms. The number of morpholine rings is 2. The first-order valence-electron chi connectivity index (χ1n) is 7.87. The van der Waals surface area contributed by atoms with Gasteiger partial charge < -0.3 is 19.3 Å². The Morgan fingerprint density at radius 2 is 1.91 bits per heavy atom. The van der Waals surface area contributed by atoms with Crippen LogP contribution >= 0.6 is 0 Å². The molecule has 0 saturated carbocycles. The van der Waals surface area contributed by atoms with Crippen LogP contribution in [0.4, 0.5) is 5.82 Å². The average Bonchev–Trinajstić information content (AvgIpc) is 2.54. The number of hydrogen-bond acceptors (Lipinski definition) is 5. The predicted molar refractivity (Wildman–Crippen MR) is 83.2 cm³/mol. The smallest absolute Gasteiger partial charge is 0.257 e. The summed E-state index contributed by atoms with van der Waals surface area (Å²) in [6, 6.07) is 3.69. The van der Waals surface area contributed by atoms with Crippen LogP contribution in [0.3, 0.4) is 0 Å². The molecule has 2 fully saturated rings. The quantitative estimate of drug-likeness (QED) is 0.821. The topological polar surface area (TPSA) is 54.9 Å². The van der Waals surface area contributed by atoms with Gasteiger partial charge in [0, 0.05) is 32.4 Å². The SMILES string of the molecule is C[C@H]1CN(C(=O)c2cccnc2N2CCOCC2)C[C@H](C)O1. The van der Waals surface area contributed by atoms with Crippen molar-refractivity contribution in [3.8, 4) is 0 Å². The van der Waals surface area contributed by atoms with Crippen molar-refractivity contribution in [2.45, 2.75) is 26.1 Å². The van der Waals surface area contributed by atoms with Crippen molar-refractivity contribution >= 4 is 11.7 Å². The van der Waals surface area contributed by atoms with E-state index in [0.717, 1.165) is 18.9 Å². The molecule has 1 aromatic heterocycles. The van der Waals surface area contributed by atoms with Crippen LogP contribution in [-0.4, -0.2) is 67.4 Å². The Bertz CT molecular complexity index is 521. The van der Waals surface area contributed by atoms with Gasteiger partial charge in [-0.2, -0.15) is 0 Å². The van der Waals surface area contributed by atoms with E-state index >= 15 is 0 Å². The lowest BCUT2D eigenvalue weighted by Gasteiger charge is -2.36. The van der Waals surface area contributed by atoms with Crippen LogP contribution in [0.5, 0.6) is 0 Å². The van der Waals surface area contributed by atoms with E-state index in [1.54, 1.807) is 6.20 Å². The van der Waals surface area contributed by atoms with Gasteiger partial charge in [0.2, 0.25) is 0 Å². The molecule has 2 aliphatic rings. The Morgan fingerprint density at radius 1 is 1.23 bits per heavy atom. The molecule has 0 N–H and O–H groups in total. The molecule has 3 heterocycles. The lowest BCUT2D eigenvalue weighted by Crippen LogP contribution is -2.48. The van der Waals surface area contributed by atoms with Crippen LogP contribution < -0.4 is 4.90 Å². The number of aromatic nitrogens is 1. The van der Waals surface area contributed by atoms with Crippen molar-refractivity contribution in [2.75, 3.05) is 44.3 Å². The second kappa shape index (κ2) is 6.62. The minimum atomic E-state index is 0.0385. The van der Waals surface area contributed by atoms with Gasteiger partial charge in [0.15, 0.2) is 0 Å². The fourth-order valence-corrected chi connectivity index (χ4v) is 3.11. The summed E-state index contributed by atoms with van der Waals surface area (Å²) in [6.45, 7) is 8.15. The third-order valence-electron chi connectivity index (χ3n) is 4.03. The van der Waals surface area contributed by atoms with E-state index in [1.807, 2.05) is 30.9 Å². The molecule has 1 amide bonds. The van der Waals surface area contributed by atoms with Crippen molar-refractivity contribution in [2.24, 2.45) is 0 Å². The molecule has 0 spiro atoms. The molecule has 120 valence electrons. The molecule has 0 aliphatic carbocycles. The van der Waals surface area contributed by atoms with Crippen LogP contribution in [0, 0.1) is 0 Å². The van der Waals surface area contributed by atoms with Gasteiger partial charge in [0.1, 0.15) is 5.82 Å². The number of hydrogen-bond donors (Lipinski definition) is 0. The molecule has 1 aromatic rings. The van der Waals surface area contributed by atoms with Crippen LogP contribution in [0.15, 0.2) is 18.3 Å². The molecule has 2 saturated heterocycles. The Hall–Kier alpha value is -1.66. The molecule has 2 aliphatic heterocycles. The summed E-state index contributed by atoms with van der Waals surface area (Å²) in [5.74, 6) is 0.805. The highest BCUT2D eigenvalue weighted by Gasteiger charge is 2.29. The maximum atomic E-state index is 12.9. The van der Waals surface area contributed by atoms with Gasteiger partial charge in [-0.1, -0.05) is 0 Å². The third kappa shape index (κ3) is 3.23. The molecule has 6 heteroatoms. The highest BCUT2D eigenvalue weighted by molar-refractivity contribution is 5.99. The van der Waals surface area contributed by atoms with Gasteiger partial charge in [0.25, 0.3) is 5.91 Å². The van der Waals surface area contributed by atoms with E-state index in [-0.39, 0.29) is 18.1 Å². The number of rotatable bonds is 2. The summed E-state index contributed by atoms with van der Waals surface area (Å²) in [5.41, 5.74) is 0.672. The molecule has 3 rings (SSSR count). The van der Waals surface area contributed by atoms with Crippen molar-refractivity contribution in [1.82, 2.24) is 9.88 Å². The first kappa shape index (κ1) is 15.2. The Labute approximate surface area is 131 Å². The number of carbonyl (C=O) groups excluding carboxylic acids is 1. The van der Waals surface area contributed by atoms with Gasteiger partial charge >= 0.3 is 0 Å². The largest absolute Gasteiger partial charge is 0.378 e. The van der Waals surface area contributed by atoms with Crippen LogP contribution in [-0.2, 0) is 9.47 Å². The summed E-state index contributed by atoms with van der Waals surface area (Å²) in [6.07, 6.45) is 1.87. The Balaban J connectivity index is 1.82. The summed E-state index contributed by atoms with van der Waals surface area (Å²) in [7, 11) is 0. The van der Waals surface area contributed by atoms with Gasteiger partial charge in [0.05, 0.1) is 31.0 Å². The van der Waals surface area contributed by atoms with Crippen LogP contribution in [0.2, 0.25) is 0 Å². The molecule has 0 aromatic carbocycles. The predicted octanol–water partition coefficient (Wildman–Crippen LogP) is 1.17. The summed E-state index contributed by atoms with van der Waals surface area (Å²) >= 11 is 0. The lowest BCUT2D eigenvalue weighted by atomic mass is 10.1. The fourth-order valence-electron chi connectivity index (χ4n) is 3.11. The van der Waals surface area contributed by atoms with Gasteiger partial charge in [-0.25, -0.2) is 4.98 Å². The molecular formula is C16H23N3O3. The average molecular weight is 305 g/mol. The molecule has 0 radical (unpaired) electrons. The maximum absolute atomic E-state index is 12.9. The third-order valence-corrected chi connectivity index (χ3v) is 4.03. The molecule has 0 bridgehead atoms. The number of carbonyl (C=O) groups is 1. The van der Waals surface area contributed by atoms with Crippen molar-refractivity contribution < 1.29 is 14.3 Å². The number of ether oxygens (including phenoxy) is 2.